The van der Waals surface area contributed by atoms with Gasteiger partial charge in [0.25, 0.3) is 0 Å². The van der Waals surface area contributed by atoms with Gasteiger partial charge in [-0.1, -0.05) is 17.8 Å². The summed E-state index contributed by atoms with van der Waals surface area (Å²) < 4.78 is 38.9. The van der Waals surface area contributed by atoms with Gasteiger partial charge in [0.15, 0.2) is 0 Å². The zero-order chi connectivity index (χ0) is 20.9. The van der Waals surface area contributed by atoms with Crippen LogP contribution in [0.5, 0.6) is 0 Å². The van der Waals surface area contributed by atoms with Gasteiger partial charge >= 0.3 is 0 Å². The highest BCUT2D eigenvalue weighted by atomic mass is 32.2. The second-order valence-corrected chi connectivity index (χ2v) is 9.00. The van der Waals surface area contributed by atoms with Crippen molar-refractivity contribution in [3.63, 3.8) is 0 Å². The molecule has 10 heteroatoms. The Morgan fingerprint density at radius 2 is 1.79 bits per heavy atom. The summed E-state index contributed by atoms with van der Waals surface area (Å²) in [6, 6.07) is 13.2. The van der Waals surface area contributed by atoms with Crippen molar-refractivity contribution in [2.24, 2.45) is 0 Å². The van der Waals surface area contributed by atoms with Crippen LogP contribution in [-0.4, -0.2) is 42.2 Å². The topological polar surface area (TPSA) is 92.3 Å². The number of halogens is 1. The molecule has 1 aromatic carbocycles. The van der Waals surface area contributed by atoms with Gasteiger partial charge in [0, 0.05) is 25.1 Å². The van der Waals surface area contributed by atoms with Gasteiger partial charge in [0.1, 0.15) is 15.9 Å². The van der Waals surface area contributed by atoms with Crippen molar-refractivity contribution in [2.75, 3.05) is 18.9 Å². The highest BCUT2D eigenvalue weighted by Crippen LogP contribution is 2.25. The number of sulfonamides is 1. The number of hydrogen-bond acceptors (Lipinski definition) is 6. The minimum Gasteiger partial charge on any atom is -0.325 e. The van der Waals surface area contributed by atoms with E-state index < -0.39 is 28.3 Å². The zero-order valence-corrected chi connectivity index (χ0v) is 17.0. The monoisotopic (exact) mass is 432 g/mol. The first-order chi connectivity index (χ1) is 13.8. The van der Waals surface area contributed by atoms with Crippen LogP contribution in [0.3, 0.4) is 0 Å². The molecule has 0 saturated heterocycles. The number of carbonyl (C=O) groups excluding carboxylic acids is 1. The first-order valence-electron chi connectivity index (χ1n) is 8.41. The summed E-state index contributed by atoms with van der Waals surface area (Å²) in [6.45, 7) is -0.398. The van der Waals surface area contributed by atoms with Crippen LogP contribution in [0.1, 0.15) is 0 Å². The number of anilines is 1. The molecule has 0 saturated carbocycles. The Morgan fingerprint density at radius 1 is 1.07 bits per heavy atom. The Morgan fingerprint density at radius 3 is 2.48 bits per heavy atom. The van der Waals surface area contributed by atoms with E-state index in [1.165, 1.54) is 18.8 Å². The van der Waals surface area contributed by atoms with Crippen LogP contribution in [-0.2, 0) is 14.8 Å². The van der Waals surface area contributed by atoms with Gasteiger partial charge in [-0.05, 0) is 48.5 Å². The third kappa shape index (κ3) is 5.59. The van der Waals surface area contributed by atoms with E-state index >= 15 is 0 Å². The second-order valence-electron chi connectivity index (χ2n) is 5.92. The maximum Gasteiger partial charge on any atom is 0.243 e. The lowest BCUT2D eigenvalue weighted by Gasteiger charge is -2.17. The number of benzene rings is 1. The highest BCUT2D eigenvalue weighted by Gasteiger charge is 2.23. The summed E-state index contributed by atoms with van der Waals surface area (Å²) in [5.41, 5.74) is 0.482. The van der Waals surface area contributed by atoms with Crippen molar-refractivity contribution in [2.45, 2.75) is 14.9 Å². The fourth-order valence-electron chi connectivity index (χ4n) is 2.33. The Labute approximate surface area is 172 Å². The van der Waals surface area contributed by atoms with Crippen LogP contribution in [0.15, 0.2) is 81.9 Å². The van der Waals surface area contributed by atoms with E-state index in [1.807, 2.05) is 18.2 Å². The minimum atomic E-state index is -3.91. The summed E-state index contributed by atoms with van der Waals surface area (Å²) in [5, 5.41) is 4.04. The molecule has 0 fully saturated rings. The second kappa shape index (κ2) is 9.12. The lowest BCUT2D eigenvalue weighted by molar-refractivity contribution is -0.116. The summed E-state index contributed by atoms with van der Waals surface area (Å²) in [6.07, 6.45) is 3.21. The molecule has 0 atom stereocenters. The SMILES string of the molecule is CN(CC(=O)Nc1ccnc(Sc2ccccn2)c1)S(=O)(=O)c1ccc(F)cc1. The molecular formula is C19H17FN4O3S2. The quantitative estimate of drug-likeness (QED) is 0.617. The molecule has 3 aromatic rings. The smallest absolute Gasteiger partial charge is 0.243 e. The maximum atomic E-state index is 13.0. The molecule has 2 heterocycles. The molecule has 0 aliphatic rings. The molecule has 0 aliphatic carbocycles. The van der Waals surface area contributed by atoms with Gasteiger partial charge in [0.05, 0.1) is 11.4 Å². The molecule has 0 unspecified atom stereocenters. The molecule has 29 heavy (non-hydrogen) atoms. The largest absolute Gasteiger partial charge is 0.325 e. The molecule has 1 amide bonds. The number of likely N-dealkylation sites (N-methyl/N-ethyl adjacent to an activating group) is 1. The predicted molar refractivity (Wildman–Crippen MR) is 107 cm³/mol. The van der Waals surface area contributed by atoms with Gasteiger partial charge < -0.3 is 5.32 Å². The van der Waals surface area contributed by atoms with Crippen LogP contribution in [0, 0.1) is 5.82 Å². The van der Waals surface area contributed by atoms with Crippen LogP contribution in [0.2, 0.25) is 0 Å². The molecule has 7 nitrogen and oxygen atoms in total. The Hall–Kier alpha value is -2.82. The van der Waals surface area contributed by atoms with E-state index in [0.717, 1.165) is 33.6 Å². The average Bonchev–Trinajstić information content (AvgIpc) is 2.69. The fourth-order valence-corrected chi connectivity index (χ4v) is 4.23. The van der Waals surface area contributed by atoms with Gasteiger partial charge in [0.2, 0.25) is 15.9 Å². The number of pyridine rings is 2. The van der Waals surface area contributed by atoms with E-state index in [0.29, 0.717) is 10.7 Å². The van der Waals surface area contributed by atoms with Crippen LogP contribution >= 0.6 is 11.8 Å². The highest BCUT2D eigenvalue weighted by molar-refractivity contribution is 7.99. The lowest BCUT2D eigenvalue weighted by Crippen LogP contribution is -2.35. The Kier molecular flexibility index (Phi) is 6.57. The number of nitrogens with one attached hydrogen (secondary N) is 1. The van der Waals surface area contributed by atoms with Gasteiger partial charge in [-0.3, -0.25) is 4.79 Å². The third-order valence-electron chi connectivity index (χ3n) is 3.75. The zero-order valence-electron chi connectivity index (χ0n) is 15.3. The fraction of sp³-hybridized carbons (Fsp3) is 0.105. The van der Waals surface area contributed by atoms with Crippen molar-refractivity contribution < 1.29 is 17.6 Å². The normalized spacial score (nSPS) is 11.4. The minimum absolute atomic E-state index is 0.0906. The molecule has 3 rings (SSSR count). The summed E-state index contributed by atoms with van der Waals surface area (Å²) in [7, 11) is -2.63. The molecule has 1 N–H and O–H groups in total. The molecule has 0 bridgehead atoms. The number of carbonyl (C=O) groups is 1. The van der Waals surface area contributed by atoms with Crippen LogP contribution in [0.4, 0.5) is 10.1 Å². The number of nitrogens with zero attached hydrogens (tertiary/aromatic N) is 3. The van der Waals surface area contributed by atoms with E-state index in [2.05, 4.69) is 15.3 Å². The van der Waals surface area contributed by atoms with Crippen LogP contribution in [0.25, 0.3) is 0 Å². The summed E-state index contributed by atoms with van der Waals surface area (Å²) in [5.74, 6) is -1.06. The third-order valence-corrected chi connectivity index (χ3v) is 6.45. The standard InChI is InChI=1S/C19H17FN4O3S2/c1-24(29(26,27)16-7-5-14(20)6-8-16)13-17(25)23-15-9-11-22-19(12-15)28-18-4-2-3-10-21-18/h2-12H,13H2,1H3,(H,22,23,25). The number of amides is 1. The Bertz CT molecular complexity index is 1090. The first-order valence-corrected chi connectivity index (χ1v) is 10.7. The van der Waals surface area contributed by atoms with Gasteiger partial charge in [-0.2, -0.15) is 4.31 Å². The molecule has 2 aromatic heterocycles. The molecule has 0 radical (unpaired) electrons. The predicted octanol–water partition coefficient (Wildman–Crippen LogP) is 3.03. The Balaban J connectivity index is 1.64. The first kappa shape index (κ1) is 20.9. The van der Waals surface area contributed by atoms with Crippen molar-refractivity contribution >= 4 is 33.4 Å². The van der Waals surface area contributed by atoms with E-state index in [9.17, 15) is 17.6 Å². The number of hydrogen-bond donors (Lipinski definition) is 1. The molecule has 0 spiro atoms. The van der Waals surface area contributed by atoms with Crippen molar-refractivity contribution in [1.82, 2.24) is 14.3 Å². The van der Waals surface area contributed by atoms with Gasteiger partial charge in [-0.15, -0.1) is 0 Å². The molecular weight excluding hydrogens is 415 g/mol. The van der Waals surface area contributed by atoms with Crippen LogP contribution < -0.4 is 5.32 Å². The van der Waals surface area contributed by atoms with E-state index in [4.69, 9.17) is 0 Å². The van der Waals surface area contributed by atoms with Gasteiger partial charge in [-0.25, -0.2) is 22.8 Å². The average molecular weight is 433 g/mol. The molecule has 0 aliphatic heterocycles. The number of rotatable bonds is 7. The number of aromatic nitrogens is 2. The summed E-state index contributed by atoms with van der Waals surface area (Å²) >= 11 is 1.33. The van der Waals surface area contributed by atoms with E-state index in [-0.39, 0.29) is 4.90 Å². The van der Waals surface area contributed by atoms with Crippen molar-refractivity contribution in [3.05, 3.63) is 72.8 Å². The van der Waals surface area contributed by atoms with Crippen molar-refractivity contribution in [3.8, 4) is 0 Å². The van der Waals surface area contributed by atoms with E-state index in [1.54, 1.807) is 24.5 Å². The maximum absolute atomic E-state index is 13.0. The van der Waals surface area contributed by atoms with Crippen molar-refractivity contribution in [1.29, 1.82) is 0 Å². The lowest BCUT2D eigenvalue weighted by atomic mass is 10.4. The molecule has 150 valence electrons. The summed E-state index contributed by atoms with van der Waals surface area (Å²) in [4.78, 5) is 20.6.